The summed E-state index contributed by atoms with van der Waals surface area (Å²) in [5, 5.41) is 7.20. The van der Waals surface area contributed by atoms with E-state index >= 15 is 0 Å². The minimum absolute atomic E-state index is 0.866. The van der Waals surface area contributed by atoms with Crippen molar-refractivity contribution in [3.8, 4) is 16.9 Å². The predicted octanol–water partition coefficient (Wildman–Crippen LogP) is 2.50. The molecule has 0 spiro atoms. The normalized spacial score (nSPS) is 10.6. The van der Waals surface area contributed by atoms with Gasteiger partial charge in [-0.1, -0.05) is 12.1 Å². The molecule has 83 valence electrons. The van der Waals surface area contributed by atoms with Gasteiger partial charge in [0.2, 0.25) is 0 Å². The zero-order chi connectivity index (χ0) is 11.7. The Morgan fingerprint density at radius 3 is 3.06 bits per heavy atom. The maximum atomic E-state index is 4.46. The second kappa shape index (κ2) is 4.10. The van der Waals surface area contributed by atoms with E-state index in [2.05, 4.69) is 26.5 Å². The van der Waals surface area contributed by atoms with Crippen molar-refractivity contribution >= 4 is 11.3 Å². The van der Waals surface area contributed by atoms with Gasteiger partial charge in [-0.15, -0.1) is 11.3 Å². The lowest BCUT2D eigenvalue weighted by Gasteiger charge is -2.01. The number of benzene rings is 1. The first-order valence-electron chi connectivity index (χ1n) is 5.12. The summed E-state index contributed by atoms with van der Waals surface area (Å²) in [6, 6.07) is 9.00. The molecule has 0 aliphatic carbocycles. The number of hydrogen-bond acceptors (Lipinski definition) is 4. The highest BCUT2D eigenvalue weighted by atomic mass is 32.1. The third-order valence-corrected chi connectivity index (χ3v) is 3.14. The van der Waals surface area contributed by atoms with Gasteiger partial charge in [-0.3, -0.25) is 0 Å². The molecule has 3 rings (SSSR count). The molecular weight excluding hydrogens is 232 g/mol. The Hall–Kier alpha value is -2.01. The molecule has 0 bridgehead atoms. The molecule has 0 atom stereocenters. The molecule has 0 aliphatic heterocycles. The zero-order valence-corrected chi connectivity index (χ0v) is 9.98. The lowest BCUT2D eigenvalue weighted by atomic mass is 10.1. The van der Waals surface area contributed by atoms with Crippen LogP contribution in [0.25, 0.3) is 16.9 Å². The Labute approximate surface area is 103 Å². The quantitative estimate of drug-likeness (QED) is 0.692. The summed E-state index contributed by atoms with van der Waals surface area (Å²) in [5.41, 5.74) is 2.92. The van der Waals surface area contributed by atoms with Crippen molar-refractivity contribution in [1.29, 1.82) is 0 Å². The predicted molar refractivity (Wildman–Crippen MR) is 66.0 cm³/mol. The molecule has 0 saturated carbocycles. The number of nitrogens with zero attached hydrogens (tertiary/aromatic N) is 4. The van der Waals surface area contributed by atoms with E-state index < -0.39 is 0 Å². The Kier molecular flexibility index (Phi) is 2.45. The van der Waals surface area contributed by atoms with Crippen LogP contribution in [0.4, 0.5) is 0 Å². The standard InChI is InChI=1S/C12H9N4S/c1-9-15-12(6-17-9)10-3-2-4-11(5-10)16-8-13-7-14-16/h2-3,5-8H,1H3. The minimum atomic E-state index is 0.866. The Bertz CT molecular complexity index is 628. The van der Waals surface area contributed by atoms with E-state index in [4.69, 9.17) is 0 Å². The molecule has 0 N–H and O–H groups in total. The fraction of sp³-hybridized carbons (Fsp3) is 0.0833. The van der Waals surface area contributed by atoms with Crippen LogP contribution in [0, 0.1) is 13.0 Å². The number of hydrogen-bond donors (Lipinski definition) is 0. The Morgan fingerprint density at radius 2 is 2.35 bits per heavy atom. The van der Waals surface area contributed by atoms with Crippen LogP contribution < -0.4 is 0 Å². The third-order valence-electron chi connectivity index (χ3n) is 2.37. The second-order valence-electron chi connectivity index (χ2n) is 3.55. The summed E-state index contributed by atoms with van der Waals surface area (Å²) in [7, 11) is 0. The summed E-state index contributed by atoms with van der Waals surface area (Å²) in [6.07, 6.45) is 3.16. The minimum Gasteiger partial charge on any atom is -0.242 e. The van der Waals surface area contributed by atoms with E-state index in [1.54, 1.807) is 22.3 Å². The molecule has 1 aromatic carbocycles. The molecular formula is C12H9N4S. The molecule has 0 fully saturated rings. The molecule has 1 radical (unpaired) electrons. The summed E-state index contributed by atoms with van der Waals surface area (Å²) in [4.78, 5) is 8.39. The average molecular weight is 241 g/mol. The van der Waals surface area contributed by atoms with Crippen LogP contribution in [0.5, 0.6) is 0 Å². The van der Waals surface area contributed by atoms with Gasteiger partial charge >= 0.3 is 0 Å². The van der Waals surface area contributed by atoms with E-state index in [-0.39, 0.29) is 0 Å². The highest BCUT2D eigenvalue weighted by Crippen LogP contribution is 2.22. The molecule has 5 heteroatoms. The van der Waals surface area contributed by atoms with Crippen LogP contribution in [0.2, 0.25) is 0 Å². The van der Waals surface area contributed by atoms with Crippen molar-refractivity contribution in [2.45, 2.75) is 6.92 Å². The fourth-order valence-electron chi connectivity index (χ4n) is 1.57. The topological polar surface area (TPSA) is 43.6 Å². The fourth-order valence-corrected chi connectivity index (χ4v) is 2.20. The highest BCUT2D eigenvalue weighted by molar-refractivity contribution is 7.09. The molecule has 4 nitrogen and oxygen atoms in total. The smallest absolute Gasteiger partial charge is 0.138 e. The number of thiazole rings is 1. The van der Waals surface area contributed by atoms with Gasteiger partial charge in [-0.25, -0.2) is 14.6 Å². The third kappa shape index (κ3) is 1.97. The van der Waals surface area contributed by atoms with Gasteiger partial charge < -0.3 is 0 Å². The number of aryl methyl sites for hydroxylation is 1. The van der Waals surface area contributed by atoms with Gasteiger partial charge in [0, 0.05) is 17.0 Å². The molecule has 0 aliphatic rings. The van der Waals surface area contributed by atoms with Gasteiger partial charge in [0.1, 0.15) is 12.7 Å². The lowest BCUT2D eigenvalue weighted by Crippen LogP contribution is -1.94. The van der Waals surface area contributed by atoms with Crippen LogP contribution >= 0.6 is 11.3 Å². The average Bonchev–Trinajstić information content (AvgIpc) is 3.00. The van der Waals surface area contributed by atoms with Crippen molar-refractivity contribution in [3.05, 3.63) is 47.3 Å². The van der Waals surface area contributed by atoms with Crippen LogP contribution in [-0.4, -0.2) is 19.7 Å². The van der Waals surface area contributed by atoms with Gasteiger partial charge in [-0.05, 0) is 13.0 Å². The highest BCUT2D eigenvalue weighted by Gasteiger charge is 2.04. The lowest BCUT2D eigenvalue weighted by molar-refractivity contribution is 0.878. The first-order valence-corrected chi connectivity index (χ1v) is 6.00. The maximum Gasteiger partial charge on any atom is 0.138 e. The van der Waals surface area contributed by atoms with E-state index in [0.29, 0.717) is 0 Å². The van der Waals surface area contributed by atoms with Crippen LogP contribution in [0.1, 0.15) is 5.01 Å². The molecule has 0 amide bonds. The number of aromatic nitrogens is 4. The Balaban J connectivity index is 2.05. The van der Waals surface area contributed by atoms with E-state index in [1.165, 1.54) is 6.33 Å². The molecule has 3 aromatic rings. The van der Waals surface area contributed by atoms with Crippen molar-refractivity contribution in [2.24, 2.45) is 0 Å². The molecule has 17 heavy (non-hydrogen) atoms. The van der Waals surface area contributed by atoms with Gasteiger partial charge in [0.05, 0.1) is 16.4 Å². The largest absolute Gasteiger partial charge is 0.242 e. The first kappa shape index (κ1) is 10.2. The SMILES string of the molecule is Cc1nc(-c2cc[c]c(-n3cncn3)c2)cs1. The van der Waals surface area contributed by atoms with Crippen LogP contribution in [-0.2, 0) is 0 Å². The molecule has 2 aromatic heterocycles. The van der Waals surface area contributed by atoms with Gasteiger partial charge in [-0.2, -0.15) is 5.10 Å². The van der Waals surface area contributed by atoms with E-state index in [1.807, 2.05) is 25.1 Å². The van der Waals surface area contributed by atoms with E-state index in [0.717, 1.165) is 22.0 Å². The second-order valence-corrected chi connectivity index (χ2v) is 4.62. The molecule has 0 saturated heterocycles. The maximum absolute atomic E-state index is 4.46. The van der Waals surface area contributed by atoms with Crippen LogP contribution in [0.3, 0.4) is 0 Å². The van der Waals surface area contributed by atoms with Crippen molar-refractivity contribution < 1.29 is 0 Å². The zero-order valence-electron chi connectivity index (χ0n) is 9.16. The van der Waals surface area contributed by atoms with Crippen molar-refractivity contribution in [1.82, 2.24) is 19.7 Å². The van der Waals surface area contributed by atoms with Crippen molar-refractivity contribution in [2.75, 3.05) is 0 Å². The van der Waals surface area contributed by atoms with Crippen LogP contribution in [0.15, 0.2) is 36.2 Å². The summed E-state index contributed by atoms with van der Waals surface area (Å²) in [5.74, 6) is 0. The summed E-state index contributed by atoms with van der Waals surface area (Å²) in [6.45, 7) is 2.00. The summed E-state index contributed by atoms with van der Waals surface area (Å²) < 4.78 is 1.68. The first-order chi connectivity index (χ1) is 8.33. The van der Waals surface area contributed by atoms with Crippen molar-refractivity contribution in [3.63, 3.8) is 0 Å². The number of rotatable bonds is 2. The Morgan fingerprint density at radius 1 is 1.41 bits per heavy atom. The van der Waals surface area contributed by atoms with E-state index in [9.17, 15) is 0 Å². The van der Waals surface area contributed by atoms with Gasteiger partial charge in [0.15, 0.2) is 0 Å². The summed E-state index contributed by atoms with van der Waals surface area (Å²) >= 11 is 1.65. The molecule has 2 heterocycles. The monoisotopic (exact) mass is 241 g/mol. The molecule has 0 unspecified atom stereocenters. The van der Waals surface area contributed by atoms with Gasteiger partial charge in [0.25, 0.3) is 0 Å².